The van der Waals surface area contributed by atoms with E-state index in [1.165, 1.54) is 18.4 Å². The summed E-state index contributed by atoms with van der Waals surface area (Å²) in [7, 11) is 3.70. The Morgan fingerprint density at radius 1 is 1.20 bits per heavy atom. The lowest BCUT2D eigenvalue weighted by molar-refractivity contribution is 0.146. The van der Waals surface area contributed by atoms with Crippen molar-refractivity contribution in [3.8, 4) is 5.75 Å². The van der Waals surface area contributed by atoms with E-state index in [1.54, 1.807) is 7.11 Å². The molecule has 0 aromatic heterocycles. The summed E-state index contributed by atoms with van der Waals surface area (Å²) in [6.45, 7) is 5.66. The quantitative estimate of drug-likeness (QED) is 0.682. The van der Waals surface area contributed by atoms with E-state index in [-0.39, 0.29) is 0 Å². The molecule has 1 rings (SSSR count). The largest absolute Gasteiger partial charge is 0.490 e. The van der Waals surface area contributed by atoms with Gasteiger partial charge in [0.1, 0.15) is 12.4 Å². The Kier molecular flexibility index (Phi) is 8.19. The topological polar surface area (TPSA) is 30.5 Å². The summed E-state index contributed by atoms with van der Waals surface area (Å²) < 4.78 is 11.7. The fraction of sp³-hybridized carbons (Fsp3) is 0.625. The van der Waals surface area contributed by atoms with Crippen LogP contribution in [0.3, 0.4) is 0 Å². The minimum atomic E-state index is 0.384. The maximum Gasteiger partial charge on any atom is 0.133 e. The molecule has 0 saturated carbocycles. The molecule has 1 unspecified atom stereocenters. The van der Waals surface area contributed by atoms with Crippen LogP contribution in [0, 0.1) is 5.92 Å². The van der Waals surface area contributed by atoms with Gasteiger partial charge in [-0.25, -0.2) is 0 Å². The number of rotatable bonds is 9. The molecule has 0 bridgehead atoms. The fourth-order valence-electron chi connectivity index (χ4n) is 2.50. The normalized spacial score (nSPS) is 12.7. The molecule has 0 spiro atoms. The van der Waals surface area contributed by atoms with Crippen LogP contribution in [0.15, 0.2) is 22.7 Å². The molecule has 1 atom stereocenters. The second-order valence-electron chi connectivity index (χ2n) is 4.87. The van der Waals surface area contributed by atoms with Crippen molar-refractivity contribution in [3.05, 3.63) is 28.2 Å². The smallest absolute Gasteiger partial charge is 0.133 e. The molecule has 0 aliphatic carbocycles. The summed E-state index contributed by atoms with van der Waals surface area (Å²) in [5.74, 6) is 1.51. The average Bonchev–Trinajstić information content (AvgIpc) is 2.46. The van der Waals surface area contributed by atoms with Crippen molar-refractivity contribution < 1.29 is 9.47 Å². The van der Waals surface area contributed by atoms with Gasteiger partial charge in [-0.15, -0.1) is 0 Å². The van der Waals surface area contributed by atoms with E-state index in [2.05, 4.69) is 47.2 Å². The Morgan fingerprint density at radius 3 is 2.40 bits per heavy atom. The summed E-state index contributed by atoms with van der Waals surface area (Å²) >= 11 is 3.60. The average molecular weight is 344 g/mol. The van der Waals surface area contributed by atoms with Crippen molar-refractivity contribution in [2.45, 2.75) is 32.7 Å². The van der Waals surface area contributed by atoms with Crippen LogP contribution >= 0.6 is 15.9 Å². The van der Waals surface area contributed by atoms with Crippen molar-refractivity contribution >= 4 is 15.9 Å². The summed E-state index contributed by atoms with van der Waals surface area (Å²) in [6.07, 6.45) is 2.34. The third-order valence-electron chi connectivity index (χ3n) is 3.69. The van der Waals surface area contributed by atoms with Gasteiger partial charge in [0.2, 0.25) is 0 Å². The second kappa shape index (κ2) is 9.37. The highest BCUT2D eigenvalue weighted by molar-refractivity contribution is 9.10. The highest BCUT2D eigenvalue weighted by Crippen LogP contribution is 2.32. The summed E-state index contributed by atoms with van der Waals surface area (Å²) in [5.41, 5.74) is 1.30. The number of hydrogen-bond donors (Lipinski definition) is 1. The molecule has 1 aromatic rings. The minimum Gasteiger partial charge on any atom is -0.490 e. The maximum atomic E-state index is 5.67. The molecule has 0 heterocycles. The van der Waals surface area contributed by atoms with E-state index in [4.69, 9.17) is 9.47 Å². The van der Waals surface area contributed by atoms with E-state index < -0.39 is 0 Å². The molecule has 0 aliphatic heterocycles. The lowest BCUT2D eigenvalue weighted by Crippen LogP contribution is -2.24. The Balaban J connectivity index is 2.83. The van der Waals surface area contributed by atoms with Crippen molar-refractivity contribution in [3.63, 3.8) is 0 Å². The summed E-state index contributed by atoms with van der Waals surface area (Å²) in [5, 5.41) is 3.44. The molecule has 20 heavy (non-hydrogen) atoms. The number of methoxy groups -OCH3 is 1. The standard InChI is InChI=1S/C16H26BrNO2/c1-5-12(6-2)16(18-3)13-7-8-15(14(17)11-13)20-10-9-19-4/h7-8,11-12,16,18H,5-6,9-10H2,1-4H3. The van der Waals surface area contributed by atoms with E-state index in [0.717, 1.165) is 10.2 Å². The molecule has 4 heteroatoms. The number of benzene rings is 1. The van der Waals surface area contributed by atoms with Crippen LogP contribution in [-0.4, -0.2) is 27.4 Å². The highest BCUT2D eigenvalue weighted by atomic mass is 79.9. The second-order valence-corrected chi connectivity index (χ2v) is 5.73. The molecule has 1 N–H and O–H groups in total. The van der Waals surface area contributed by atoms with Crippen molar-refractivity contribution in [2.24, 2.45) is 5.92 Å². The van der Waals surface area contributed by atoms with Gasteiger partial charge in [-0.2, -0.15) is 0 Å². The van der Waals surface area contributed by atoms with Crippen LogP contribution in [0.4, 0.5) is 0 Å². The molecule has 114 valence electrons. The maximum absolute atomic E-state index is 5.67. The third-order valence-corrected chi connectivity index (χ3v) is 4.31. The molecule has 3 nitrogen and oxygen atoms in total. The van der Waals surface area contributed by atoms with Gasteiger partial charge in [0.15, 0.2) is 0 Å². The Bertz CT molecular complexity index is 394. The first-order valence-electron chi connectivity index (χ1n) is 7.26. The van der Waals surface area contributed by atoms with Crippen LogP contribution in [-0.2, 0) is 4.74 Å². The van der Waals surface area contributed by atoms with Crippen LogP contribution in [0.5, 0.6) is 5.75 Å². The first kappa shape index (κ1) is 17.5. The zero-order valence-electron chi connectivity index (χ0n) is 12.9. The Labute approximate surface area is 131 Å². The zero-order chi connectivity index (χ0) is 15.0. The SMILES string of the molecule is CCC(CC)C(NC)c1ccc(OCCOC)c(Br)c1. The number of nitrogens with one attached hydrogen (secondary N) is 1. The van der Waals surface area contributed by atoms with Crippen LogP contribution < -0.4 is 10.1 Å². The fourth-order valence-corrected chi connectivity index (χ4v) is 3.01. The van der Waals surface area contributed by atoms with E-state index in [1.807, 2.05) is 13.1 Å². The number of halogens is 1. The van der Waals surface area contributed by atoms with Gasteiger partial charge in [-0.1, -0.05) is 32.8 Å². The van der Waals surface area contributed by atoms with E-state index in [9.17, 15) is 0 Å². The Hall–Kier alpha value is -0.580. The van der Waals surface area contributed by atoms with Crippen LogP contribution in [0.25, 0.3) is 0 Å². The minimum absolute atomic E-state index is 0.384. The van der Waals surface area contributed by atoms with Gasteiger partial charge in [0.05, 0.1) is 11.1 Å². The number of hydrogen-bond acceptors (Lipinski definition) is 3. The van der Waals surface area contributed by atoms with Gasteiger partial charge in [0, 0.05) is 13.2 Å². The predicted molar refractivity (Wildman–Crippen MR) is 87.4 cm³/mol. The van der Waals surface area contributed by atoms with Gasteiger partial charge < -0.3 is 14.8 Å². The van der Waals surface area contributed by atoms with Crippen molar-refractivity contribution in [1.82, 2.24) is 5.32 Å². The van der Waals surface area contributed by atoms with E-state index in [0.29, 0.717) is 25.2 Å². The molecule has 0 amide bonds. The van der Waals surface area contributed by atoms with Gasteiger partial charge >= 0.3 is 0 Å². The summed E-state index contributed by atoms with van der Waals surface area (Å²) in [6, 6.07) is 6.71. The summed E-state index contributed by atoms with van der Waals surface area (Å²) in [4.78, 5) is 0. The first-order chi connectivity index (χ1) is 9.67. The monoisotopic (exact) mass is 343 g/mol. The molecular weight excluding hydrogens is 318 g/mol. The Morgan fingerprint density at radius 2 is 1.90 bits per heavy atom. The van der Waals surface area contributed by atoms with Crippen molar-refractivity contribution in [2.75, 3.05) is 27.4 Å². The molecule has 0 saturated heterocycles. The van der Waals surface area contributed by atoms with Crippen LogP contribution in [0.2, 0.25) is 0 Å². The predicted octanol–water partition coefficient (Wildman–Crippen LogP) is 4.17. The molecule has 0 radical (unpaired) electrons. The van der Waals surface area contributed by atoms with Crippen molar-refractivity contribution in [1.29, 1.82) is 0 Å². The van der Waals surface area contributed by atoms with Gasteiger partial charge in [-0.3, -0.25) is 0 Å². The lowest BCUT2D eigenvalue weighted by atomic mass is 9.89. The van der Waals surface area contributed by atoms with E-state index >= 15 is 0 Å². The first-order valence-corrected chi connectivity index (χ1v) is 8.05. The van der Waals surface area contributed by atoms with Gasteiger partial charge in [0.25, 0.3) is 0 Å². The highest BCUT2D eigenvalue weighted by Gasteiger charge is 2.19. The van der Waals surface area contributed by atoms with Gasteiger partial charge in [-0.05, 0) is 46.6 Å². The number of ether oxygens (including phenoxy) is 2. The zero-order valence-corrected chi connectivity index (χ0v) is 14.5. The molecule has 0 fully saturated rings. The molecule has 0 aliphatic rings. The molecule has 1 aromatic carbocycles. The van der Waals surface area contributed by atoms with Crippen LogP contribution in [0.1, 0.15) is 38.3 Å². The third kappa shape index (κ3) is 4.76. The molecular formula is C16H26BrNO2. The lowest BCUT2D eigenvalue weighted by Gasteiger charge is -2.26.